The Morgan fingerprint density at radius 3 is 2.22 bits per heavy atom. The van der Waals surface area contributed by atoms with Crippen LogP contribution in [0.4, 0.5) is 0 Å². The standard InChI is InChI=1S/C15H16Cl2O/c1-12-4-6-13(7-5-12)15(10-16,11-17)9-14-3-2-8-18-14/h2-8H,9-11H2,1H3. The zero-order valence-corrected chi connectivity index (χ0v) is 11.8. The largest absolute Gasteiger partial charge is 0.469 e. The molecule has 2 aromatic rings. The summed E-state index contributed by atoms with van der Waals surface area (Å²) >= 11 is 12.4. The molecule has 0 radical (unpaired) electrons. The minimum absolute atomic E-state index is 0.269. The molecule has 96 valence electrons. The zero-order valence-electron chi connectivity index (χ0n) is 10.3. The van der Waals surface area contributed by atoms with Crippen LogP contribution < -0.4 is 0 Å². The molecule has 0 amide bonds. The molecule has 0 atom stereocenters. The van der Waals surface area contributed by atoms with Crippen molar-refractivity contribution in [2.75, 3.05) is 11.8 Å². The van der Waals surface area contributed by atoms with Crippen LogP contribution in [0, 0.1) is 6.92 Å². The van der Waals surface area contributed by atoms with E-state index in [1.807, 2.05) is 12.1 Å². The van der Waals surface area contributed by atoms with E-state index in [9.17, 15) is 0 Å². The van der Waals surface area contributed by atoms with Gasteiger partial charge in [-0.25, -0.2) is 0 Å². The maximum Gasteiger partial charge on any atom is 0.104 e. The number of benzene rings is 1. The number of hydrogen-bond acceptors (Lipinski definition) is 1. The highest BCUT2D eigenvalue weighted by Crippen LogP contribution is 2.32. The molecular weight excluding hydrogens is 267 g/mol. The average Bonchev–Trinajstić information content (AvgIpc) is 2.90. The van der Waals surface area contributed by atoms with Gasteiger partial charge in [-0.3, -0.25) is 0 Å². The van der Waals surface area contributed by atoms with E-state index in [0.717, 1.165) is 17.7 Å². The van der Waals surface area contributed by atoms with Gasteiger partial charge in [0.15, 0.2) is 0 Å². The van der Waals surface area contributed by atoms with Gasteiger partial charge in [-0.1, -0.05) is 29.8 Å². The number of rotatable bonds is 5. The molecule has 1 aromatic heterocycles. The van der Waals surface area contributed by atoms with Crippen LogP contribution in [-0.4, -0.2) is 11.8 Å². The summed E-state index contributed by atoms with van der Waals surface area (Å²) in [6.07, 6.45) is 2.40. The summed E-state index contributed by atoms with van der Waals surface area (Å²) in [6.45, 7) is 2.07. The van der Waals surface area contributed by atoms with Gasteiger partial charge < -0.3 is 4.42 Å². The second kappa shape index (κ2) is 5.81. The number of aryl methyl sites for hydroxylation is 1. The maximum atomic E-state index is 6.19. The molecule has 1 aromatic carbocycles. The van der Waals surface area contributed by atoms with E-state index >= 15 is 0 Å². The van der Waals surface area contributed by atoms with Gasteiger partial charge in [0.2, 0.25) is 0 Å². The first-order valence-electron chi connectivity index (χ1n) is 5.92. The van der Waals surface area contributed by atoms with Crippen molar-refractivity contribution >= 4 is 23.2 Å². The van der Waals surface area contributed by atoms with E-state index in [1.165, 1.54) is 5.56 Å². The highest BCUT2D eigenvalue weighted by Gasteiger charge is 2.32. The third-order valence-corrected chi connectivity index (χ3v) is 4.29. The van der Waals surface area contributed by atoms with Gasteiger partial charge >= 0.3 is 0 Å². The molecule has 0 aliphatic carbocycles. The first-order chi connectivity index (χ1) is 8.70. The summed E-state index contributed by atoms with van der Waals surface area (Å²) in [6, 6.07) is 12.2. The predicted molar refractivity (Wildman–Crippen MR) is 76.7 cm³/mol. The fraction of sp³-hybridized carbons (Fsp3) is 0.333. The third kappa shape index (κ3) is 2.73. The number of halogens is 2. The summed E-state index contributed by atoms with van der Waals surface area (Å²) in [5.74, 6) is 1.86. The number of furan rings is 1. The molecular formula is C15H16Cl2O. The van der Waals surface area contributed by atoms with Crippen molar-refractivity contribution in [3.05, 3.63) is 59.5 Å². The Morgan fingerprint density at radius 1 is 1.06 bits per heavy atom. The van der Waals surface area contributed by atoms with E-state index < -0.39 is 0 Å². The second-order valence-corrected chi connectivity index (χ2v) is 5.20. The molecule has 0 saturated carbocycles. The molecule has 0 fully saturated rings. The minimum atomic E-state index is -0.269. The van der Waals surface area contributed by atoms with Crippen LogP contribution in [0.5, 0.6) is 0 Å². The predicted octanol–water partition coefficient (Wildman–Crippen LogP) is 4.55. The Hall–Kier alpha value is -0.920. The van der Waals surface area contributed by atoms with Crippen molar-refractivity contribution in [3.63, 3.8) is 0 Å². The van der Waals surface area contributed by atoms with Gasteiger partial charge in [0.05, 0.1) is 6.26 Å². The topological polar surface area (TPSA) is 13.1 Å². The molecule has 0 aliphatic heterocycles. The summed E-state index contributed by atoms with van der Waals surface area (Å²) in [5, 5.41) is 0. The zero-order chi connectivity index (χ0) is 13.0. The fourth-order valence-electron chi connectivity index (χ4n) is 2.04. The first kappa shape index (κ1) is 13.5. The highest BCUT2D eigenvalue weighted by molar-refractivity contribution is 6.22. The van der Waals surface area contributed by atoms with E-state index in [2.05, 4.69) is 31.2 Å². The van der Waals surface area contributed by atoms with E-state index in [1.54, 1.807) is 6.26 Å². The van der Waals surface area contributed by atoms with Gasteiger partial charge in [-0.05, 0) is 24.6 Å². The first-order valence-corrected chi connectivity index (χ1v) is 6.98. The van der Waals surface area contributed by atoms with Crippen molar-refractivity contribution in [2.24, 2.45) is 0 Å². The van der Waals surface area contributed by atoms with E-state index in [0.29, 0.717) is 11.8 Å². The van der Waals surface area contributed by atoms with Crippen molar-refractivity contribution in [3.8, 4) is 0 Å². The lowest BCUT2D eigenvalue weighted by Gasteiger charge is -2.29. The van der Waals surface area contributed by atoms with Gasteiger partial charge in [0.1, 0.15) is 5.76 Å². The Morgan fingerprint density at radius 2 is 1.72 bits per heavy atom. The Labute approximate surface area is 118 Å². The van der Waals surface area contributed by atoms with E-state index in [-0.39, 0.29) is 5.41 Å². The molecule has 0 spiro atoms. The smallest absolute Gasteiger partial charge is 0.104 e. The van der Waals surface area contributed by atoms with Crippen LogP contribution in [0.3, 0.4) is 0 Å². The summed E-state index contributed by atoms with van der Waals surface area (Å²) in [4.78, 5) is 0. The van der Waals surface area contributed by atoms with Gasteiger partial charge in [-0.2, -0.15) is 0 Å². The second-order valence-electron chi connectivity index (χ2n) is 4.67. The van der Waals surface area contributed by atoms with Crippen LogP contribution in [0.2, 0.25) is 0 Å². The van der Waals surface area contributed by atoms with Crippen molar-refractivity contribution in [1.82, 2.24) is 0 Å². The molecule has 1 heterocycles. The van der Waals surface area contributed by atoms with Gasteiger partial charge in [-0.15, -0.1) is 23.2 Å². The molecule has 0 aliphatic rings. The molecule has 3 heteroatoms. The Balaban J connectivity index is 2.33. The summed E-state index contributed by atoms with van der Waals surface area (Å²) < 4.78 is 5.42. The van der Waals surface area contributed by atoms with Crippen LogP contribution in [-0.2, 0) is 11.8 Å². The molecule has 1 nitrogen and oxygen atoms in total. The van der Waals surface area contributed by atoms with Crippen LogP contribution in [0.1, 0.15) is 16.9 Å². The normalized spacial score (nSPS) is 11.7. The quantitative estimate of drug-likeness (QED) is 0.734. The Bertz CT molecular complexity index is 470. The SMILES string of the molecule is Cc1ccc(C(CCl)(CCl)Cc2ccco2)cc1. The molecule has 0 saturated heterocycles. The van der Waals surface area contributed by atoms with Crippen LogP contribution >= 0.6 is 23.2 Å². The maximum absolute atomic E-state index is 6.19. The summed E-state index contributed by atoms with van der Waals surface area (Å²) in [7, 11) is 0. The minimum Gasteiger partial charge on any atom is -0.469 e. The van der Waals surface area contributed by atoms with Gasteiger partial charge in [0, 0.05) is 23.6 Å². The van der Waals surface area contributed by atoms with Crippen molar-refractivity contribution < 1.29 is 4.42 Å². The molecule has 2 rings (SSSR count). The van der Waals surface area contributed by atoms with E-state index in [4.69, 9.17) is 27.6 Å². The number of alkyl halides is 2. The molecule has 0 unspecified atom stereocenters. The lowest BCUT2D eigenvalue weighted by Crippen LogP contribution is -2.33. The lowest BCUT2D eigenvalue weighted by molar-refractivity contribution is 0.437. The fourth-order valence-corrected chi connectivity index (χ4v) is 2.82. The Kier molecular flexibility index (Phi) is 4.36. The lowest BCUT2D eigenvalue weighted by atomic mass is 9.80. The van der Waals surface area contributed by atoms with Gasteiger partial charge in [0.25, 0.3) is 0 Å². The van der Waals surface area contributed by atoms with Crippen molar-refractivity contribution in [2.45, 2.75) is 18.8 Å². The van der Waals surface area contributed by atoms with Crippen LogP contribution in [0.15, 0.2) is 47.1 Å². The summed E-state index contributed by atoms with van der Waals surface area (Å²) in [5.41, 5.74) is 2.12. The third-order valence-electron chi connectivity index (χ3n) is 3.27. The monoisotopic (exact) mass is 282 g/mol. The number of hydrogen-bond donors (Lipinski definition) is 0. The van der Waals surface area contributed by atoms with Crippen molar-refractivity contribution in [1.29, 1.82) is 0 Å². The highest BCUT2D eigenvalue weighted by atomic mass is 35.5. The molecule has 0 N–H and O–H groups in total. The van der Waals surface area contributed by atoms with Crippen LogP contribution in [0.25, 0.3) is 0 Å². The molecule has 18 heavy (non-hydrogen) atoms. The average molecular weight is 283 g/mol. The molecule has 0 bridgehead atoms.